The van der Waals surface area contributed by atoms with Crippen molar-refractivity contribution in [3.8, 4) is 5.75 Å². The van der Waals surface area contributed by atoms with E-state index in [2.05, 4.69) is 5.32 Å². The minimum atomic E-state index is -3.62. The summed E-state index contributed by atoms with van der Waals surface area (Å²) in [6, 6.07) is 5.88. The lowest BCUT2D eigenvalue weighted by atomic mass is 10.3. The van der Waals surface area contributed by atoms with Gasteiger partial charge in [-0.2, -0.15) is 0 Å². The molecule has 1 rings (SSSR count). The van der Waals surface area contributed by atoms with Crippen LogP contribution in [0.4, 0.5) is 0 Å². The van der Waals surface area contributed by atoms with Crippen LogP contribution in [0, 0.1) is 0 Å². The summed E-state index contributed by atoms with van der Waals surface area (Å²) in [6.45, 7) is 0.533. The van der Waals surface area contributed by atoms with Crippen molar-refractivity contribution in [3.05, 3.63) is 24.3 Å². The molecule has 1 aromatic carbocycles. The maximum absolute atomic E-state index is 11.9. The lowest BCUT2D eigenvalue weighted by Gasteiger charge is -2.06. The molecule has 0 unspecified atom stereocenters. The number of benzene rings is 1. The van der Waals surface area contributed by atoms with Gasteiger partial charge in [0, 0.05) is 13.1 Å². The number of carbonyl (C=O) groups is 1. The third-order valence-corrected chi connectivity index (χ3v) is 3.84. The number of amides is 1. The summed E-state index contributed by atoms with van der Waals surface area (Å²) in [7, 11) is -2.13. The zero-order valence-corrected chi connectivity index (χ0v) is 10.9. The summed E-state index contributed by atoms with van der Waals surface area (Å²) < 4.78 is 28.7. The zero-order valence-electron chi connectivity index (χ0n) is 10.0. The Balaban J connectivity index is 2.76. The predicted octanol–water partition coefficient (Wildman–Crippen LogP) is -0.456. The Morgan fingerprint density at radius 3 is 2.44 bits per heavy atom. The summed E-state index contributed by atoms with van der Waals surface area (Å²) in [5.41, 5.74) is 5.21. The maximum Gasteiger partial charge on any atom is 0.235 e. The van der Waals surface area contributed by atoms with Crippen LogP contribution in [0.25, 0.3) is 0 Å². The Morgan fingerprint density at radius 2 is 1.94 bits per heavy atom. The number of rotatable bonds is 6. The molecule has 0 heterocycles. The number of carbonyl (C=O) groups excluding carboxylic acids is 1. The van der Waals surface area contributed by atoms with Crippen LogP contribution in [-0.2, 0) is 14.6 Å². The van der Waals surface area contributed by atoms with E-state index >= 15 is 0 Å². The first-order valence-corrected chi connectivity index (χ1v) is 6.98. The van der Waals surface area contributed by atoms with Gasteiger partial charge in [0.1, 0.15) is 11.5 Å². The average molecular weight is 272 g/mol. The Kier molecular flexibility index (Phi) is 5.11. The second-order valence-corrected chi connectivity index (χ2v) is 5.56. The molecular formula is C11H16N2O4S. The van der Waals surface area contributed by atoms with E-state index < -0.39 is 21.5 Å². The first-order valence-electron chi connectivity index (χ1n) is 5.33. The van der Waals surface area contributed by atoms with E-state index in [1.165, 1.54) is 31.4 Å². The van der Waals surface area contributed by atoms with Crippen LogP contribution in [-0.4, -0.2) is 40.3 Å². The molecule has 0 radical (unpaired) electrons. The Morgan fingerprint density at radius 1 is 1.33 bits per heavy atom. The second-order valence-electron chi connectivity index (χ2n) is 3.57. The molecule has 0 fully saturated rings. The van der Waals surface area contributed by atoms with Crippen LogP contribution in [0.2, 0.25) is 0 Å². The van der Waals surface area contributed by atoms with Crippen LogP contribution in [0.1, 0.15) is 0 Å². The highest BCUT2D eigenvalue weighted by molar-refractivity contribution is 7.92. The molecule has 0 saturated carbocycles. The van der Waals surface area contributed by atoms with Crippen molar-refractivity contribution in [1.29, 1.82) is 0 Å². The fraction of sp³-hybridized carbons (Fsp3) is 0.364. The standard InChI is InChI=1S/C11H16N2O4S/c1-17-9-2-4-10(5-3-9)18(15,16)8-11(14)13-7-6-12/h2-5H,6-8,12H2,1H3,(H,13,14). The van der Waals surface area contributed by atoms with Crippen molar-refractivity contribution < 1.29 is 17.9 Å². The summed E-state index contributed by atoms with van der Waals surface area (Å²) in [5, 5.41) is 2.41. The fourth-order valence-corrected chi connectivity index (χ4v) is 2.47. The number of nitrogens with two attached hydrogens (primary N) is 1. The predicted molar refractivity (Wildman–Crippen MR) is 67.1 cm³/mol. The van der Waals surface area contributed by atoms with E-state index in [4.69, 9.17) is 10.5 Å². The Labute approximate surface area is 106 Å². The van der Waals surface area contributed by atoms with E-state index in [-0.39, 0.29) is 18.0 Å². The molecule has 7 heteroatoms. The Hall–Kier alpha value is -1.60. The first-order chi connectivity index (χ1) is 8.49. The molecule has 0 aliphatic rings. The van der Waals surface area contributed by atoms with E-state index in [9.17, 15) is 13.2 Å². The van der Waals surface area contributed by atoms with Crippen molar-refractivity contribution in [2.24, 2.45) is 5.73 Å². The highest BCUT2D eigenvalue weighted by Crippen LogP contribution is 2.16. The quantitative estimate of drug-likeness (QED) is 0.730. The smallest absolute Gasteiger partial charge is 0.235 e. The molecule has 0 aliphatic heterocycles. The number of hydrogen-bond acceptors (Lipinski definition) is 5. The van der Waals surface area contributed by atoms with Gasteiger partial charge in [0.25, 0.3) is 0 Å². The number of nitrogens with one attached hydrogen (secondary N) is 1. The fourth-order valence-electron chi connectivity index (χ4n) is 1.30. The van der Waals surface area contributed by atoms with E-state index in [1.54, 1.807) is 0 Å². The summed E-state index contributed by atoms with van der Waals surface area (Å²) in [6.07, 6.45) is 0. The third-order valence-electron chi connectivity index (χ3n) is 2.21. The van der Waals surface area contributed by atoms with Crippen LogP contribution in [0.5, 0.6) is 5.75 Å². The number of sulfone groups is 1. The van der Waals surface area contributed by atoms with Gasteiger partial charge >= 0.3 is 0 Å². The van der Waals surface area contributed by atoms with Gasteiger partial charge in [0.05, 0.1) is 12.0 Å². The molecule has 1 amide bonds. The topological polar surface area (TPSA) is 98.5 Å². The number of methoxy groups -OCH3 is 1. The SMILES string of the molecule is COc1ccc(S(=O)(=O)CC(=O)NCCN)cc1. The van der Waals surface area contributed by atoms with Crippen molar-refractivity contribution in [2.75, 3.05) is 26.0 Å². The van der Waals surface area contributed by atoms with Crippen LogP contribution >= 0.6 is 0 Å². The van der Waals surface area contributed by atoms with Gasteiger partial charge in [0.15, 0.2) is 9.84 Å². The molecule has 1 aromatic rings. The molecule has 18 heavy (non-hydrogen) atoms. The second kappa shape index (κ2) is 6.36. The largest absolute Gasteiger partial charge is 0.497 e. The van der Waals surface area contributed by atoms with Crippen molar-refractivity contribution in [1.82, 2.24) is 5.32 Å². The van der Waals surface area contributed by atoms with Crippen LogP contribution in [0.15, 0.2) is 29.2 Å². The minimum absolute atomic E-state index is 0.0891. The molecule has 0 bridgehead atoms. The average Bonchev–Trinajstić information content (AvgIpc) is 2.36. The first kappa shape index (κ1) is 14.5. The normalized spacial score (nSPS) is 11.0. The van der Waals surface area contributed by atoms with Gasteiger partial charge in [-0.3, -0.25) is 4.79 Å². The van der Waals surface area contributed by atoms with Gasteiger partial charge in [-0.1, -0.05) is 0 Å². The van der Waals surface area contributed by atoms with Gasteiger partial charge in [0.2, 0.25) is 5.91 Å². The minimum Gasteiger partial charge on any atom is -0.497 e. The summed E-state index contributed by atoms with van der Waals surface area (Å²) in [4.78, 5) is 11.4. The molecule has 100 valence electrons. The molecule has 0 aromatic heterocycles. The number of ether oxygens (including phenoxy) is 1. The van der Waals surface area contributed by atoms with E-state index in [1.807, 2.05) is 0 Å². The monoisotopic (exact) mass is 272 g/mol. The van der Waals surface area contributed by atoms with Crippen LogP contribution in [0.3, 0.4) is 0 Å². The van der Waals surface area contributed by atoms with Gasteiger partial charge in [-0.25, -0.2) is 8.42 Å². The highest BCUT2D eigenvalue weighted by Gasteiger charge is 2.18. The van der Waals surface area contributed by atoms with Gasteiger partial charge in [-0.15, -0.1) is 0 Å². The van der Waals surface area contributed by atoms with E-state index in [0.717, 1.165) is 0 Å². The number of hydrogen-bond donors (Lipinski definition) is 2. The molecule has 0 spiro atoms. The maximum atomic E-state index is 11.9. The molecule has 6 nitrogen and oxygen atoms in total. The molecule has 0 atom stereocenters. The summed E-state index contributed by atoms with van der Waals surface area (Å²) >= 11 is 0. The lowest BCUT2D eigenvalue weighted by Crippen LogP contribution is -2.33. The molecule has 3 N–H and O–H groups in total. The van der Waals surface area contributed by atoms with Crippen molar-refractivity contribution in [2.45, 2.75) is 4.90 Å². The van der Waals surface area contributed by atoms with Crippen molar-refractivity contribution >= 4 is 15.7 Å². The molecule has 0 aliphatic carbocycles. The Bertz CT molecular complexity index is 496. The molecule has 0 saturated heterocycles. The molecular weight excluding hydrogens is 256 g/mol. The van der Waals surface area contributed by atoms with Crippen LogP contribution < -0.4 is 15.8 Å². The zero-order chi connectivity index (χ0) is 13.6. The third kappa shape index (κ3) is 4.01. The van der Waals surface area contributed by atoms with E-state index in [0.29, 0.717) is 5.75 Å². The van der Waals surface area contributed by atoms with Gasteiger partial charge < -0.3 is 15.8 Å². The lowest BCUT2D eigenvalue weighted by molar-refractivity contribution is -0.118. The van der Waals surface area contributed by atoms with Gasteiger partial charge in [-0.05, 0) is 24.3 Å². The van der Waals surface area contributed by atoms with Crippen molar-refractivity contribution in [3.63, 3.8) is 0 Å². The summed E-state index contributed by atoms with van der Waals surface area (Å²) in [5.74, 6) is -0.586. The highest BCUT2D eigenvalue weighted by atomic mass is 32.2.